The van der Waals surface area contributed by atoms with Crippen LogP contribution in [0, 0.1) is 17.5 Å². The molecule has 2 atom stereocenters. The average molecular weight is 473 g/mol. The van der Waals surface area contributed by atoms with Crippen molar-refractivity contribution in [3.05, 3.63) is 52.8 Å². The molecule has 1 aliphatic heterocycles. The average Bonchev–Trinajstić information content (AvgIpc) is 3.05. The Balaban J connectivity index is 1.88. The second-order valence-corrected chi connectivity index (χ2v) is 8.82. The lowest BCUT2D eigenvalue weighted by Gasteiger charge is -2.27. The molecule has 3 rings (SSSR count). The van der Waals surface area contributed by atoms with Crippen LogP contribution in [0.1, 0.15) is 27.2 Å². The van der Waals surface area contributed by atoms with Gasteiger partial charge in [-0.05, 0) is 45.0 Å². The number of amides is 2. The molecule has 1 N–H and O–H groups in total. The molecule has 1 fully saturated rings. The number of nitrogens with zero attached hydrogens (tertiary/aromatic N) is 1. The van der Waals surface area contributed by atoms with Crippen LogP contribution in [0.2, 0.25) is 5.02 Å². The molecule has 2 aromatic rings. The first-order valence-electron chi connectivity index (χ1n) is 9.74. The minimum absolute atomic E-state index is 0.0145. The molecule has 32 heavy (non-hydrogen) atoms. The third-order valence-corrected chi connectivity index (χ3v) is 5.01. The third kappa shape index (κ3) is 5.32. The number of ether oxygens (including phenoxy) is 1. The molecule has 5 nitrogen and oxygen atoms in total. The number of halogens is 5. The summed E-state index contributed by atoms with van der Waals surface area (Å²) in [5.41, 5.74) is -1.69. The van der Waals surface area contributed by atoms with Crippen LogP contribution in [0.5, 0.6) is 0 Å². The largest absolute Gasteiger partial charge is 0.444 e. The minimum Gasteiger partial charge on any atom is -0.444 e. The van der Waals surface area contributed by atoms with Crippen molar-refractivity contribution in [2.24, 2.45) is 0 Å². The first kappa shape index (κ1) is 23.8. The number of carbonyl (C=O) groups is 2. The number of likely N-dealkylation sites (tertiary alicyclic amines) is 1. The van der Waals surface area contributed by atoms with Crippen molar-refractivity contribution in [1.29, 1.82) is 0 Å². The maximum Gasteiger partial charge on any atom is 0.411 e. The number of carbonyl (C=O) groups excluding carboxylic acids is 2. The van der Waals surface area contributed by atoms with Crippen LogP contribution in [0.3, 0.4) is 0 Å². The predicted octanol–water partition coefficient (Wildman–Crippen LogP) is 5.71. The van der Waals surface area contributed by atoms with Crippen molar-refractivity contribution < 1.29 is 31.9 Å². The summed E-state index contributed by atoms with van der Waals surface area (Å²) in [6.07, 6.45) is -2.70. The third-order valence-electron chi connectivity index (χ3n) is 4.70. The second kappa shape index (κ2) is 8.97. The topological polar surface area (TPSA) is 58.6 Å². The van der Waals surface area contributed by atoms with E-state index in [0.29, 0.717) is 0 Å². The van der Waals surface area contributed by atoms with Crippen molar-refractivity contribution in [2.75, 3.05) is 11.9 Å². The maximum absolute atomic E-state index is 15.1. The van der Waals surface area contributed by atoms with Gasteiger partial charge in [-0.2, -0.15) is 0 Å². The molecule has 0 unspecified atom stereocenters. The van der Waals surface area contributed by atoms with Gasteiger partial charge in [0.1, 0.15) is 29.4 Å². The Labute approximate surface area is 187 Å². The fourth-order valence-electron chi connectivity index (χ4n) is 3.36. The van der Waals surface area contributed by atoms with Crippen LogP contribution in [0.4, 0.5) is 28.0 Å². The van der Waals surface area contributed by atoms with Crippen molar-refractivity contribution >= 4 is 29.3 Å². The van der Waals surface area contributed by atoms with Crippen molar-refractivity contribution in [1.82, 2.24) is 4.90 Å². The Morgan fingerprint density at radius 1 is 1.09 bits per heavy atom. The van der Waals surface area contributed by atoms with Crippen molar-refractivity contribution in [3.63, 3.8) is 0 Å². The van der Waals surface area contributed by atoms with Crippen LogP contribution >= 0.6 is 11.6 Å². The Kier molecular flexibility index (Phi) is 6.69. The standard InChI is InChI=1S/C22H21ClF4N2O3/c1-22(2,3)32-21(31)29-10-13(26)9-18(29)20(30)28-17-8-12(25)6-15(19(17)27)14-5-4-11(24)7-16(14)23/h4-8,13,18H,9-10H2,1-3H3,(H,28,30)/t13-,18+/m1/s1. The molecule has 0 radical (unpaired) electrons. The molecule has 1 saturated heterocycles. The summed E-state index contributed by atoms with van der Waals surface area (Å²) < 4.78 is 61.9. The number of alkyl halides is 1. The van der Waals surface area contributed by atoms with Gasteiger partial charge in [-0.1, -0.05) is 11.6 Å². The zero-order valence-electron chi connectivity index (χ0n) is 17.5. The van der Waals surface area contributed by atoms with E-state index in [4.69, 9.17) is 16.3 Å². The fourth-order valence-corrected chi connectivity index (χ4v) is 3.62. The van der Waals surface area contributed by atoms with Gasteiger partial charge in [-0.25, -0.2) is 22.4 Å². The summed E-state index contributed by atoms with van der Waals surface area (Å²) in [5.74, 6) is -3.48. The zero-order valence-corrected chi connectivity index (χ0v) is 18.3. The number of nitrogens with one attached hydrogen (secondary N) is 1. The molecule has 1 heterocycles. The van der Waals surface area contributed by atoms with Gasteiger partial charge >= 0.3 is 6.09 Å². The number of hydrogen-bond donors (Lipinski definition) is 1. The van der Waals surface area contributed by atoms with Gasteiger partial charge < -0.3 is 10.1 Å². The quantitative estimate of drug-likeness (QED) is 0.582. The lowest BCUT2D eigenvalue weighted by molar-refractivity contribution is -0.120. The molecule has 0 aromatic heterocycles. The molecule has 2 amide bonds. The highest BCUT2D eigenvalue weighted by Crippen LogP contribution is 2.34. The van der Waals surface area contributed by atoms with Gasteiger partial charge in [-0.3, -0.25) is 9.69 Å². The van der Waals surface area contributed by atoms with Gasteiger partial charge in [0, 0.05) is 23.6 Å². The SMILES string of the molecule is CC(C)(C)OC(=O)N1C[C@H](F)C[C@H]1C(=O)Nc1cc(F)cc(-c2ccc(F)cc2Cl)c1F. The van der Waals surface area contributed by atoms with E-state index in [-0.39, 0.29) is 29.1 Å². The number of hydrogen-bond acceptors (Lipinski definition) is 3. The van der Waals surface area contributed by atoms with Gasteiger partial charge in [0.15, 0.2) is 5.82 Å². The van der Waals surface area contributed by atoms with Crippen molar-refractivity contribution in [2.45, 2.75) is 45.0 Å². The molecule has 172 valence electrons. The molecule has 0 bridgehead atoms. The Hall–Kier alpha value is -2.81. The number of rotatable bonds is 3. The van der Waals surface area contributed by atoms with E-state index in [0.717, 1.165) is 29.2 Å². The first-order chi connectivity index (χ1) is 14.9. The predicted molar refractivity (Wildman–Crippen MR) is 112 cm³/mol. The van der Waals surface area contributed by atoms with E-state index in [1.165, 1.54) is 6.07 Å². The summed E-state index contributed by atoms with van der Waals surface area (Å²) in [5, 5.41) is 2.06. The van der Waals surface area contributed by atoms with E-state index in [1.54, 1.807) is 20.8 Å². The highest BCUT2D eigenvalue weighted by atomic mass is 35.5. The summed E-state index contributed by atoms with van der Waals surface area (Å²) in [6, 6.07) is 3.47. The summed E-state index contributed by atoms with van der Waals surface area (Å²) in [6.45, 7) is 4.49. The lowest BCUT2D eigenvalue weighted by Crippen LogP contribution is -2.45. The molecule has 0 saturated carbocycles. The zero-order chi connectivity index (χ0) is 23.8. The Morgan fingerprint density at radius 2 is 1.78 bits per heavy atom. The molecular formula is C22H21ClF4N2O3. The second-order valence-electron chi connectivity index (χ2n) is 8.41. The van der Waals surface area contributed by atoms with Crippen LogP contribution in [0.15, 0.2) is 30.3 Å². The van der Waals surface area contributed by atoms with Gasteiger partial charge in [0.2, 0.25) is 5.91 Å². The fraction of sp³-hybridized carbons (Fsp3) is 0.364. The highest BCUT2D eigenvalue weighted by Gasteiger charge is 2.42. The Bertz CT molecular complexity index is 1060. The number of anilines is 1. The first-order valence-corrected chi connectivity index (χ1v) is 10.1. The van der Waals surface area contributed by atoms with Crippen LogP contribution in [-0.2, 0) is 9.53 Å². The summed E-state index contributed by atoms with van der Waals surface area (Å²) in [7, 11) is 0. The normalized spacial score (nSPS) is 18.6. The molecule has 0 aliphatic carbocycles. The van der Waals surface area contributed by atoms with Gasteiger partial charge in [0.05, 0.1) is 17.3 Å². The van der Waals surface area contributed by atoms with Crippen molar-refractivity contribution in [3.8, 4) is 11.1 Å². The van der Waals surface area contributed by atoms with E-state index in [2.05, 4.69) is 5.32 Å². The van der Waals surface area contributed by atoms with E-state index >= 15 is 4.39 Å². The highest BCUT2D eigenvalue weighted by molar-refractivity contribution is 6.33. The van der Waals surface area contributed by atoms with Crippen LogP contribution in [-0.4, -0.2) is 41.3 Å². The maximum atomic E-state index is 15.1. The molecule has 2 aromatic carbocycles. The summed E-state index contributed by atoms with van der Waals surface area (Å²) >= 11 is 5.96. The van der Waals surface area contributed by atoms with Crippen LogP contribution < -0.4 is 5.32 Å². The van der Waals surface area contributed by atoms with E-state index in [1.807, 2.05) is 0 Å². The monoisotopic (exact) mass is 472 g/mol. The number of benzene rings is 2. The van der Waals surface area contributed by atoms with Gasteiger partial charge in [0.25, 0.3) is 0 Å². The molecule has 0 spiro atoms. The van der Waals surface area contributed by atoms with E-state index in [9.17, 15) is 22.8 Å². The summed E-state index contributed by atoms with van der Waals surface area (Å²) in [4.78, 5) is 26.1. The van der Waals surface area contributed by atoms with Gasteiger partial charge in [-0.15, -0.1) is 0 Å². The minimum atomic E-state index is -1.48. The Morgan fingerprint density at radius 3 is 2.41 bits per heavy atom. The van der Waals surface area contributed by atoms with Crippen LogP contribution in [0.25, 0.3) is 11.1 Å². The molecule has 1 aliphatic rings. The smallest absolute Gasteiger partial charge is 0.411 e. The van der Waals surface area contributed by atoms with E-state index < -0.39 is 53.0 Å². The molecule has 10 heteroatoms. The molecular weight excluding hydrogens is 452 g/mol. The lowest BCUT2D eigenvalue weighted by atomic mass is 10.0.